The molecule has 0 aliphatic rings. The average Bonchev–Trinajstić information content (AvgIpc) is 2.94. The first kappa shape index (κ1) is 40.0. The molecule has 0 aliphatic carbocycles. The molecule has 0 radical (unpaired) electrons. The molecule has 0 spiro atoms. The number of carboxylic acids is 2. The highest BCUT2D eigenvalue weighted by atomic mass is 16.4. The second kappa shape index (κ2) is 19.5. The molecule has 1 aromatic rings. The molecule has 260 valence electrons. The van der Waals surface area contributed by atoms with Crippen molar-refractivity contribution in [2.24, 2.45) is 17.6 Å². The number of amides is 6. The third-order valence-electron chi connectivity index (χ3n) is 6.69. The van der Waals surface area contributed by atoms with Crippen molar-refractivity contribution < 1.29 is 48.6 Å². The van der Waals surface area contributed by atoms with Gasteiger partial charge in [0.15, 0.2) is 0 Å². The molecular formula is C31H46N6O10. The lowest BCUT2D eigenvalue weighted by atomic mass is 10.00. The van der Waals surface area contributed by atoms with Gasteiger partial charge in [0.25, 0.3) is 0 Å². The molecule has 9 N–H and O–H groups in total. The van der Waals surface area contributed by atoms with E-state index in [4.69, 9.17) is 5.73 Å². The summed E-state index contributed by atoms with van der Waals surface area (Å²) in [6, 6.07) is 1.55. The Morgan fingerprint density at radius 2 is 1.02 bits per heavy atom. The zero-order valence-electron chi connectivity index (χ0n) is 27.2. The summed E-state index contributed by atoms with van der Waals surface area (Å²) >= 11 is 0. The van der Waals surface area contributed by atoms with Crippen molar-refractivity contribution in [1.29, 1.82) is 0 Å². The fourth-order valence-electron chi connectivity index (χ4n) is 4.58. The van der Waals surface area contributed by atoms with E-state index in [-0.39, 0.29) is 31.1 Å². The summed E-state index contributed by atoms with van der Waals surface area (Å²) < 4.78 is 0. The number of hydrogen-bond acceptors (Lipinski definition) is 8. The van der Waals surface area contributed by atoms with E-state index in [2.05, 4.69) is 26.6 Å². The number of carbonyl (C=O) groups is 8. The summed E-state index contributed by atoms with van der Waals surface area (Å²) in [5.74, 6) is -8.34. The molecule has 16 heteroatoms. The molecule has 0 saturated carbocycles. The Morgan fingerprint density at radius 1 is 0.617 bits per heavy atom. The number of hydrogen-bond donors (Lipinski definition) is 8. The Hall–Kier alpha value is -5.02. The fourth-order valence-corrected chi connectivity index (χ4v) is 4.58. The molecule has 16 nitrogen and oxygen atoms in total. The predicted octanol–water partition coefficient (Wildman–Crippen LogP) is -0.800. The van der Waals surface area contributed by atoms with Gasteiger partial charge in [0.2, 0.25) is 35.4 Å². The van der Waals surface area contributed by atoms with Crippen LogP contribution in [0.25, 0.3) is 0 Å². The molecule has 0 heterocycles. The van der Waals surface area contributed by atoms with Gasteiger partial charge in [-0.15, -0.1) is 0 Å². The van der Waals surface area contributed by atoms with E-state index < -0.39 is 90.4 Å². The molecule has 1 rings (SSSR count). The minimum absolute atomic E-state index is 0.0265. The third kappa shape index (κ3) is 15.7. The molecule has 0 bridgehead atoms. The third-order valence-corrected chi connectivity index (χ3v) is 6.69. The Morgan fingerprint density at radius 3 is 1.40 bits per heavy atom. The van der Waals surface area contributed by atoms with Gasteiger partial charge in [0, 0.05) is 13.3 Å². The first-order valence-corrected chi connectivity index (χ1v) is 15.1. The maximum atomic E-state index is 13.4. The van der Waals surface area contributed by atoms with Crippen molar-refractivity contribution in [1.82, 2.24) is 26.6 Å². The number of carbonyl (C=O) groups excluding carboxylic acids is 6. The zero-order valence-corrected chi connectivity index (χ0v) is 27.2. The number of aliphatic carboxylic acids is 2. The van der Waals surface area contributed by atoms with E-state index in [9.17, 15) is 48.6 Å². The van der Waals surface area contributed by atoms with Crippen LogP contribution in [0.4, 0.5) is 0 Å². The standard InChI is InChI=1S/C31H46N6O10/c1-16(2)11-20(34-29(44)22(14-25(32)39)33-18(5)38)27(42)36-23(15-26(40)41)30(45)35-21(12-17(3)4)28(43)37-24(31(46)47)13-19-9-7-6-8-10-19/h6-10,16-17,20-24H,11-15H2,1-5H3,(H2,32,39)(H,33,38)(H,34,44)(H,35,45)(H,36,42)(H,37,43)(H,40,41)(H,46,47)/t20-,21-,22-,23-,24-/m0/s1. The van der Waals surface area contributed by atoms with Gasteiger partial charge in [-0.25, -0.2) is 4.79 Å². The van der Waals surface area contributed by atoms with Crippen molar-refractivity contribution in [3.8, 4) is 0 Å². The van der Waals surface area contributed by atoms with Gasteiger partial charge >= 0.3 is 11.9 Å². The summed E-state index contributed by atoms with van der Waals surface area (Å²) in [4.78, 5) is 99.5. The Bertz CT molecular complexity index is 1270. The number of nitrogens with two attached hydrogens (primary N) is 1. The maximum Gasteiger partial charge on any atom is 0.326 e. The number of carboxylic acid groups (broad SMARTS) is 2. The predicted molar refractivity (Wildman–Crippen MR) is 168 cm³/mol. The molecule has 0 aromatic heterocycles. The Balaban J connectivity index is 3.20. The normalized spacial score (nSPS) is 14.1. The van der Waals surface area contributed by atoms with Gasteiger partial charge in [0.05, 0.1) is 12.8 Å². The van der Waals surface area contributed by atoms with Crippen LogP contribution < -0.4 is 32.3 Å². The number of nitrogens with one attached hydrogen (secondary N) is 5. The van der Waals surface area contributed by atoms with Crippen molar-refractivity contribution in [3.63, 3.8) is 0 Å². The van der Waals surface area contributed by atoms with Crippen LogP contribution in [0.1, 0.15) is 65.9 Å². The Kier molecular flexibility index (Phi) is 16.6. The van der Waals surface area contributed by atoms with Crippen LogP contribution in [0.2, 0.25) is 0 Å². The van der Waals surface area contributed by atoms with Crippen LogP contribution in [0.3, 0.4) is 0 Å². The highest BCUT2D eigenvalue weighted by Gasteiger charge is 2.34. The zero-order chi connectivity index (χ0) is 35.8. The minimum atomic E-state index is -1.70. The van der Waals surface area contributed by atoms with E-state index in [1.807, 2.05) is 0 Å². The molecule has 6 amide bonds. The van der Waals surface area contributed by atoms with Gasteiger partial charge < -0.3 is 42.5 Å². The minimum Gasteiger partial charge on any atom is -0.481 e. The quantitative estimate of drug-likeness (QED) is 0.0861. The van der Waals surface area contributed by atoms with Gasteiger partial charge in [-0.1, -0.05) is 58.0 Å². The summed E-state index contributed by atoms with van der Waals surface area (Å²) in [6.45, 7) is 8.10. The van der Waals surface area contributed by atoms with E-state index in [0.717, 1.165) is 6.92 Å². The monoisotopic (exact) mass is 662 g/mol. The summed E-state index contributed by atoms with van der Waals surface area (Å²) in [7, 11) is 0. The summed E-state index contributed by atoms with van der Waals surface area (Å²) in [5, 5.41) is 31.1. The van der Waals surface area contributed by atoms with Gasteiger partial charge in [-0.2, -0.15) is 0 Å². The number of benzene rings is 1. The van der Waals surface area contributed by atoms with Crippen molar-refractivity contribution in [2.45, 2.75) is 96.9 Å². The van der Waals surface area contributed by atoms with E-state index >= 15 is 0 Å². The molecule has 5 atom stereocenters. The smallest absolute Gasteiger partial charge is 0.326 e. The molecule has 0 aliphatic heterocycles. The van der Waals surface area contributed by atoms with Gasteiger partial charge in [-0.3, -0.25) is 33.6 Å². The highest BCUT2D eigenvalue weighted by molar-refractivity contribution is 5.98. The lowest BCUT2D eigenvalue weighted by Crippen LogP contribution is -2.59. The SMILES string of the molecule is CC(=O)N[C@@H](CC(N)=O)C(=O)N[C@@H](CC(C)C)C(=O)N[C@@H](CC(=O)O)C(=O)N[C@@H](CC(C)C)C(=O)N[C@@H](Cc1ccccc1)C(=O)O. The second-order valence-corrected chi connectivity index (χ2v) is 12.1. The molecule has 0 unspecified atom stereocenters. The van der Waals surface area contributed by atoms with Crippen molar-refractivity contribution in [2.75, 3.05) is 0 Å². The molecule has 1 aromatic carbocycles. The van der Waals surface area contributed by atoms with Crippen LogP contribution in [0.15, 0.2) is 30.3 Å². The lowest BCUT2D eigenvalue weighted by Gasteiger charge is -2.27. The highest BCUT2D eigenvalue weighted by Crippen LogP contribution is 2.11. The maximum absolute atomic E-state index is 13.4. The van der Waals surface area contributed by atoms with Crippen LogP contribution in [0, 0.1) is 11.8 Å². The fraction of sp³-hybridized carbons (Fsp3) is 0.548. The van der Waals surface area contributed by atoms with Gasteiger partial charge in [0.1, 0.15) is 30.2 Å². The summed E-state index contributed by atoms with van der Waals surface area (Å²) in [5.41, 5.74) is 5.83. The first-order chi connectivity index (χ1) is 21.9. The molecule has 0 fully saturated rings. The lowest BCUT2D eigenvalue weighted by molar-refractivity contribution is -0.143. The average molecular weight is 663 g/mol. The number of primary amides is 1. The summed E-state index contributed by atoms with van der Waals surface area (Å²) in [6.07, 6.45) is -1.40. The Labute approximate surface area is 273 Å². The van der Waals surface area contributed by atoms with Crippen LogP contribution in [-0.2, 0) is 44.8 Å². The van der Waals surface area contributed by atoms with Crippen molar-refractivity contribution >= 4 is 47.4 Å². The largest absolute Gasteiger partial charge is 0.481 e. The van der Waals surface area contributed by atoms with Gasteiger partial charge in [-0.05, 0) is 30.2 Å². The van der Waals surface area contributed by atoms with E-state index in [1.165, 1.54) is 0 Å². The first-order valence-electron chi connectivity index (χ1n) is 15.1. The van der Waals surface area contributed by atoms with Crippen LogP contribution in [0.5, 0.6) is 0 Å². The molecular weight excluding hydrogens is 616 g/mol. The van der Waals surface area contributed by atoms with E-state index in [1.54, 1.807) is 58.0 Å². The topological polar surface area (TPSA) is 263 Å². The molecule has 0 saturated heterocycles. The van der Waals surface area contributed by atoms with E-state index in [0.29, 0.717) is 5.56 Å². The molecule has 47 heavy (non-hydrogen) atoms. The van der Waals surface area contributed by atoms with Crippen molar-refractivity contribution in [3.05, 3.63) is 35.9 Å². The number of rotatable bonds is 20. The second-order valence-electron chi connectivity index (χ2n) is 12.1. The van der Waals surface area contributed by atoms with Crippen LogP contribution in [-0.4, -0.2) is 87.8 Å². The van der Waals surface area contributed by atoms with Crippen LogP contribution >= 0.6 is 0 Å².